The molecule has 18 nitrogen and oxygen atoms in total. The number of fused-ring (bicyclic) bond motifs is 9. The molecule has 12 aliphatic rings. The van der Waals surface area contributed by atoms with E-state index in [1.807, 2.05) is 0 Å². The van der Waals surface area contributed by atoms with Gasteiger partial charge in [-0.05, 0) is 210 Å². The topological polar surface area (TPSA) is 185 Å². The molecular formula is C95H142N12O6. The van der Waals surface area contributed by atoms with Gasteiger partial charge in [0, 0.05) is 79.0 Å². The van der Waals surface area contributed by atoms with Crippen LogP contribution in [0.1, 0.15) is 375 Å². The van der Waals surface area contributed by atoms with E-state index in [-0.39, 0.29) is 37.6 Å². The van der Waals surface area contributed by atoms with Gasteiger partial charge in [0.25, 0.3) is 0 Å². The first-order chi connectivity index (χ1) is 55.6. The Hall–Kier alpha value is -5.76. The molecule has 12 fully saturated rings. The highest BCUT2D eigenvalue weighted by molar-refractivity contribution is 5.78. The zero-order valence-corrected chi connectivity index (χ0v) is 69.1. The third-order valence-corrected chi connectivity index (χ3v) is 30.5. The minimum absolute atomic E-state index is 0.100. The number of carbonyl (C=O) groups is 3. The first kappa shape index (κ1) is 81.0. The predicted octanol–water partition coefficient (Wildman–Crippen LogP) is 20.9. The molecule has 18 heteroatoms. The molecule has 0 spiro atoms. The van der Waals surface area contributed by atoms with Gasteiger partial charge in [0.2, 0.25) is 0 Å². The molecule has 3 aromatic heterocycles. The van der Waals surface area contributed by atoms with Crippen LogP contribution >= 0.6 is 0 Å². The molecule has 9 saturated heterocycles. The Kier molecular flexibility index (Phi) is 28.1. The van der Waals surface area contributed by atoms with Crippen LogP contribution in [0.2, 0.25) is 0 Å². The van der Waals surface area contributed by atoms with E-state index in [1.54, 1.807) is 0 Å². The lowest BCUT2D eigenvalue weighted by atomic mass is 9.79. The minimum Gasteiger partial charge on any atom is -0.481 e. The summed E-state index contributed by atoms with van der Waals surface area (Å²) in [6.45, 7) is 3.52. The SMILES string of the molecule is O=C(O)CCN1CCC[C@@H]1c1nc2ccccc2n1C1C[C@H]2CCC[C@@H](C1)N2C1CCCCCCCCC1.O=C(O)CN1CCCC[C@@H]1c1nc2ccccc2n1C1C[C@H]2CCC[C@@H](C1)N2C1CCCCCCCCC1.O=C(O)CN1CCC[C@@H]1c1nc2ccccc2n1C1C[C@H]2CCC[C@@H](C1)N2C1CCCCCCCCC1. The Balaban J connectivity index is 0.000000128. The monoisotopic (exact) mass is 1550 g/mol. The van der Waals surface area contributed by atoms with Crippen LogP contribution in [0.5, 0.6) is 0 Å². The number of benzene rings is 3. The summed E-state index contributed by atoms with van der Waals surface area (Å²) < 4.78 is 7.81. The van der Waals surface area contributed by atoms with Crippen molar-refractivity contribution in [3.63, 3.8) is 0 Å². The minimum atomic E-state index is -0.733. The highest BCUT2D eigenvalue weighted by Gasteiger charge is 2.48. The molecule has 12 heterocycles. The molecule has 3 saturated carbocycles. The average molecular weight is 1550 g/mol. The van der Waals surface area contributed by atoms with Gasteiger partial charge in [0.15, 0.2) is 0 Å². The van der Waals surface area contributed by atoms with E-state index >= 15 is 0 Å². The average Bonchev–Trinajstić information content (AvgIpc) is 1.65. The first-order valence-electron chi connectivity index (χ1n) is 47.2. The number of nitrogens with zero attached hydrogens (tertiary/aromatic N) is 12. The van der Waals surface area contributed by atoms with Crippen molar-refractivity contribution in [2.45, 2.75) is 412 Å². The Labute approximate surface area is 676 Å². The number of hydrogen-bond donors (Lipinski definition) is 3. The largest absolute Gasteiger partial charge is 0.481 e. The Morgan fingerprint density at radius 3 is 0.841 bits per heavy atom. The molecule has 18 rings (SSSR count). The second-order valence-electron chi connectivity index (χ2n) is 37.8. The van der Waals surface area contributed by atoms with E-state index in [1.165, 1.54) is 292 Å². The quantitative estimate of drug-likeness (QED) is 0.0831. The zero-order chi connectivity index (χ0) is 77.0. The summed E-state index contributed by atoms with van der Waals surface area (Å²) in [5.41, 5.74) is 7.02. The van der Waals surface area contributed by atoms with Gasteiger partial charge in [-0.25, -0.2) is 15.0 Å². The maximum atomic E-state index is 11.7. The Bertz CT molecular complexity index is 3960. The molecule has 6 aromatic rings. The van der Waals surface area contributed by atoms with Gasteiger partial charge in [-0.2, -0.15) is 0 Å². The summed E-state index contributed by atoms with van der Waals surface area (Å²) in [6, 6.07) is 34.2. The number of aromatic nitrogens is 6. The van der Waals surface area contributed by atoms with Crippen molar-refractivity contribution in [2.24, 2.45) is 0 Å². The summed E-state index contributed by atoms with van der Waals surface area (Å²) in [5, 5.41) is 28.5. The van der Waals surface area contributed by atoms with E-state index in [9.17, 15) is 29.7 Å². The Morgan fingerprint density at radius 1 is 0.274 bits per heavy atom. The summed E-state index contributed by atoms with van der Waals surface area (Å²) in [6.07, 6.45) is 65.4. The van der Waals surface area contributed by atoms with E-state index in [2.05, 4.69) is 116 Å². The smallest absolute Gasteiger partial charge is 0.317 e. The number of likely N-dealkylation sites (tertiary alicyclic amines) is 3. The highest BCUT2D eigenvalue weighted by atomic mass is 16.4. The summed E-state index contributed by atoms with van der Waals surface area (Å²) >= 11 is 0. The molecule has 0 amide bonds. The molecule has 113 heavy (non-hydrogen) atoms. The molecule has 618 valence electrons. The molecule has 9 aliphatic heterocycles. The lowest BCUT2D eigenvalue weighted by Gasteiger charge is -2.53. The van der Waals surface area contributed by atoms with Gasteiger partial charge >= 0.3 is 17.9 Å². The molecule has 12 atom stereocenters. The van der Waals surface area contributed by atoms with Crippen LogP contribution in [0.15, 0.2) is 72.8 Å². The van der Waals surface area contributed by atoms with Crippen LogP contribution in [0.3, 0.4) is 0 Å². The van der Waals surface area contributed by atoms with E-state index in [4.69, 9.17) is 15.0 Å². The molecular weight excluding hydrogens is 1410 g/mol. The summed E-state index contributed by atoms with van der Waals surface area (Å²) in [7, 11) is 0. The summed E-state index contributed by atoms with van der Waals surface area (Å²) in [4.78, 5) is 66.2. The lowest BCUT2D eigenvalue weighted by Crippen LogP contribution is -2.56. The van der Waals surface area contributed by atoms with Gasteiger partial charge in [-0.1, -0.05) is 197 Å². The van der Waals surface area contributed by atoms with Gasteiger partial charge in [0.1, 0.15) is 17.5 Å². The molecule has 3 aromatic carbocycles. The fourth-order valence-electron chi connectivity index (χ4n) is 25.6. The van der Waals surface area contributed by atoms with Crippen molar-refractivity contribution in [1.82, 2.24) is 58.1 Å². The van der Waals surface area contributed by atoms with E-state index in [0.29, 0.717) is 60.9 Å². The van der Waals surface area contributed by atoms with Gasteiger partial charge in [-0.15, -0.1) is 0 Å². The fraction of sp³-hybridized carbons (Fsp3) is 0.747. The van der Waals surface area contributed by atoms with Gasteiger partial charge in [-0.3, -0.25) is 43.8 Å². The first-order valence-corrected chi connectivity index (χ1v) is 47.2. The third-order valence-electron chi connectivity index (χ3n) is 30.5. The van der Waals surface area contributed by atoms with E-state index < -0.39 is 17.9 Å². The second kappa shape index (κ2) is 39.2. The van der Waals surface area contributed by atoms with Crippen molar-refractivity contribution in [3.8, 4) is 0 Å². The van der Waals surface area contributed by atoms with Crippen LogP contribution in [0, 0.1) is 0 Å². The standard InChI is InChI=1S/2C32H48N4O2.C31H46N4O2/c37-31(38)19-21-34-20-11-18-30(34)32-33-28-16-8-9-17-29(28)36(32)27-22-25-14-10-15-26(23-27)35(25)24-12-6-4-2-1-3-5-7-13-24;37-31(38)23-34-20-11-10-19-30(34)32-33-28-17-8-9-18-29(28)36(32)27-21-25-15-12-16-26(22-27)35(25)24-13-6-4-2-1-3-5-7-14-24;36-30(37)22-33-19-11-18-29(33)31-32-27-16-8-9-17-28(27)35(31)26-20-24-14-10-15-25(21-26)34(24)23-12-6-4-2-1-3-5-7-13-23/h8-9,16-17,24-27,30H,1-7,10-15,18-23H2,(H,37,38);8-9,17-18,24-27,30H,1-7,10-16,19-23H2,(H,37,38);8-9,16-17,23-26,29H,1-7,10-15,18-22H2,(H,36,37)/t2*25-,26+,27?,30-;24-,25+,26?,29-/m111/s1. The second-order valence-corrected chi connectivity index (χ2v) is 37.8. The Morgan fingerprint density at radius 2 is 0.531 bits per heavy atom. The van der Waals surface area contributed by atoms with Crippen LogP contribution < -0.4 is 0 Å². The van der Waals surface area contributed by atoms with Crippen molar-refractivity contribution in [2.75, 3.05) is 39.3 Å². The van der Waals surface area contributed by atoms with Crippen molar-refractivity contribution < 1.29 is 29.7 Å². The number of imidazole rings is 3. The van der Waals surface area contributed by atoms with Crippen molar-refractivity contribution in [1.29, 1.82) is 0 Å². The predicted molar refractivity (Wildman–Crippen MR) is 453 cm³/mol. The zero-order valence-electron chi connectivity index (χ0n) is 69.1. The van der Waals surface area contributed by atoms with Crippen molar-refractivity contribution >= 4 is 51.0 Å². The maximum Gasteiger partial charge on any atom is 0.317 e. The third kappa shape index (κ3) is 19.2. The number of rotatable bonds is 16. The maximum absolute atomic E-state index is 11.7. The summed E-state index contributed by atoms with van der Waals surface area (Å²) in [5.74, 6) is 1.28. The van der Waals surface area contributed by atoms with Gasteiger partial charge in [0.05, 0.1) is 70.7 Å². The molecule has 6 bridgehead atoms. The van der Waals surface area contributed by atoms with Crippen LogP contribution in [0.25, 0.3) is 33.1 Å². The number of carboxylic acids is 3. The van der Waals surface area contributed by atoms with Crippen LogP contribution in [-0.2, 0) is 14.4 Å². The fourth-order valence-corrected chi connectivity index (χ4v) is 25.6. The molecule has 3 N–H and O–H groups in total. The number of hydrogen-bond acceptors (Lipinski definition) is 12. The van der Waals surface area contributed by atoms with Gasteiger partial charge < -0.3 is 29.0 Å². The molecule has 0 radical (unpaired) electrons. The molecule has 3 unspecified atom stereocenters. The number of para-hydroxylation sites is 6. The van der Waals surface area contributed by atoms with Crippen molar-refractivity contribution in [3.05, 3.63) is 90.3 Å². The highest BCUT2D eigenvalue weighted by Crippen LogP contribution is 2.50. The normalized spacial score (nSPS) is 30.8. The lowest BCUT2D eigenvalue weighted by molar-refractivity contribution is -0.140. The molecule has 3 aliphatic carbocycles. The van der Waals surface area contributed by atoms with Crippen LogP contribution in [0.4, 0.5) is 0 Å². The number of carboxylic acid groups (broad SMARTS) is 3. The number of piperidine rings is 7. The van der Waals surface area contributed by atoms with Crippen LogP contribution in [-0.4, -0.2) is 185 Å². The van der Waals surface area contributed by atoms with E-state index in [0.717, 1.165) is 111 Å². The number of aliphatic carboxylic acids is 3.